The first kappa shape index (κ1) is 15.8. The normalized spacial score (nSPS) is 17.5. The summed E-state index contributed by atoms with van der Waals surface area (Å²) in [6.45, 7) is 2.46. The van der Waals surface area contributed by atoms with Crippen LogP contribution in [0.3, 0.4) is 0 Å². The average molecular weight is 357 g/mol. The van der Waals surface area contributed by atoms with Crippen LogP contribution in [0.2, 0.25) is 5.02 Å². The standard InChI is InChI=1S/C17H17ClN6O/c1-10-15-16(19-9-20-17(15)23(2)22-10)21-11-7-14(25)24(8-11)13-6-4-3-5-12(13)18/h3-6,9,11H,7-8H2,1-2H3,(H,19,20,21)/t11-/m1/s1. The molecule has 0 unspecified atom stereocenters. The molecule has 1 aromatic carbocycles. The number of fused-ring (bicyclic) bond motifs is 1. The van der Waals surface area contributed by atoms with Gasteiger partial charge in [0.1, 0.15) is 12.1 Å². The maximum absolute atomic E-state index is 12.4. The summed E-state index contributed by atoms with van der Waals surface area (Å²) in [5.74, 6) is 0.744. The van der Waals surface area contributed by atoms with Gasteiger partial charge in [-0.05, 0) is 19.1 Å². The highest BCUT2D eigenvalue weighted by molar-refractivity contribution is 6.33. The van der Waals surface area contributed by atoms with Gasteiger partial charge in [-0.2, -0.15) is 5.10 Å². The summed E-state index contributed by atoms with van der Waals surface area (Å²) in [6, 6.07) is 7.32. The first-order valence-corrected chi connectivity index (χ1v) is 8.38. The van der Waals surface area contributed by atoms with Crippen molar-refractivity contribution in [2.24, 2.45) is 7.05 Å². The third-order valence-corrected chi connectivity index (χ3v) is 4.72. The van der Waals surface area contributed by atoms with Gasteiger partial charge in [0.05, 0.1) is 27.8 Å². The fourth-order valence-electron chi connectivity index (χ4n) is 3.29. The van der Waals surface area contributed by atoms with Crippen molar-refractivity contribution in [2.45, 2.75) is 19.4 Å². The van der Waals surface area contributed by atoms with Gasteiger partial charge in [0.2, 0.25) is 5.91 Å². The van der Waals surface area contributed by atoms with Gasteiger partial charge in [-0.25, -0.2) is 9.97 Å². The van der Waals surface area contributed by atoms with E-state index in [2.05, 4.69) is 20.4 Å². The second-order valence-electron chi connectivity index (χ2n) is 6.13. The number of hydrogen-bond acceptors (Lipinski definition) is 5. The predicted octanol–water partition coefficient (Wildman–Crippen LogP) is 2.54. The third kappa shape index (κ3) is 2.70. The van der Waals surface area contributed by atoms with E-state index in [0.29, 0.717) is 23.8 Å². The minimum atomic E-state index is -0.0542. The van der Waals surface area contributed by atoms with Crippen LogP contribution in [0.15, 0.2) is 30.6 Å². The van der Waals surface area contributed by atoms with Crippen molar-refractivity contribution in [2.75, 3.05) is 16.8 Å². The van der Waals surface area contributed by atoms with Crippen LogP contribution in [-0.2, 0) is 11.8 Å². The van der Waals surface area contributed by atoms with Crippen molar-refractivity contribution < 1.29 is 4.79 Å². The highest BCUT2D eigenvalue weighted by atomic mass is 35.5. The van der Waals surface area contributed by atoms with Crippen molar-refractivity contribution in [3.63, 3.8) is 0 Å². The number of aryl methyl sites for hydroxylation is 2. The molecule has 0 spiro atoms. The zero-order valence-corrected chi connectivity index (χ0v) is 14.7. The van der Waals surface area contributed by atoms with Gasteiger partial charge in [0, 0.05) is 20.0 Å². The topological polar surface area (TPSA) is 75.9 Å². The van der Waals surface area contributed by atoms with Crippen LogP contribution >= 0.6 is 11.6 Å². The highest BCUT2D eigenvalue weighted by Gasteiger charge is 2.32. The molecule has 2 aromatic heterocycles. The Hall–Kier alpha value is -2.67. The summed E-state index contributed by atoms with van der Waals surface area (Å²) >= 11 is 6.23. The lowest BCUT2D eigenvalue weighted by Crippen LogP contribution is -2.28. The molecule has 1 saturated heterocycles. The maximum atomic E-state index is 12.4. The quantitative estimate of drug-likeness (QED) is 0.780. The number of benzene rings is 1. The van der Waals surface area contributed by atoms with E-state index < -0.39 is 0 Å². The van der Waals surface area contributed by atoms with Crippen molar-refractivity contribution in [1.29, 1.82) is 0 Å². The van der Waals surface area contributed by atoms with Gasteiger partial charge in [0.25, 0.3) is 0 Å². The van der Waals surface area contributed by atoms with E-state index >= 15 is 0 Å². The Morgan fingerprint density at radius 2 is 2.08 bits per heavy atom. The Morgan fingerprint density at radius 1 is 1.28 bits per heavy atom. The highest BCUT2D eigenvalue weighted by Crippen LogP contribution is 2.30. The first-order valence-electron chi connectivity index (χ1n) is 8.00. The van der Waals surface area contributed by atoms with Crippen LogP contribution < -0.4 is 10.2 Å². The van der Waals surface area contributed by atoms with E-state index in [-0.39, 0.29) is 11.9 Å². The number of aromatic nitrogens is 4. The monoisotopic (exact) mass is 356 g/mol. The van der Waals surface area contributed by atoms with E-state index in [9.17, 15) is 4.79 Å². The number of anilines is 2. The lowest BCUT2D eigenvalue weighted by atomic mass is 10.2. The Balaban J connectivity index is 1.61. The summed E-state index contributed by atoms with van der Waals surface area (Å²) in [7, 11) is 1.85. The SMILES string of the molecule is Cc1nn(C)c2ncnc(N[C@@H]3CC(=O)N(c4ccccc4Cl)C3)c12. The van der Waals surface area contributed by atoms with E-state index in [1.165, 1.54) is 6.33 Å². The number of carbonyl (C=O) groups excluding carboxylic acids is 1. The number of para-hydroxylation sites is 1. The van der Waals surface area contributed by atoms with Crippen molar-refractivity contribution in [1.82, 2.24) is 19.7 Å². The van der Waals surface area contributed by atoms with E-state index in [0.717, 1.165) is 22.4 Å². The number of nitrogens with one attached hydrogen (secondary N) is 1. The van der Waals surface area contributed by atoms with Crippen LogP contribution in [-0.4, -0.2) is 38.2 Å². The molecule has 7 nitrogen and oxygen atoms in total. The number of nitrogens with zero attached hydrogens (tertiary/aromatic N) is 5. The zero-order valence-electron chi connectivity index (χ0n) is 13.9. The minimum absolute atomic E-state index is 0.0406. The summed E-state index contributed by atoms with van der Waals surface area (Å²) < 4.78 is 1.73. The molecule has 4 rings (SSSR count). The Morgan fingerprint density at radius 3 is 2.88 bits per heavy atom. The van der Waals surface area contributed by atoms with E-state index in [4.69, 9.17) is 11.6 Å². The number of amides is 1. The molecule has 1 N–H and O–H groups in total. The Kier molecular flexibility index (Phi) is 3.80. The molecule has 128 valence electrons. The van der Waals surface area contributed by atoms with Gasteiger partial charge in [-0.15, -0.1) is 0 Å². The molecule has 0 radical (unpaired) electrons. The zero-order chi connectivity index (χ0) is 17.6. The molecule has 8 heteroatoms. The molecule has 0 saturated carbocycles. The predicted molar refractivity (Wildman–Crippen MR) is 96.9 cm³/mol. The first-order chi connectivity index (χ1) is 12.0. The Bertz CT molecular complexity index is 969. The fourth-order valence-corrected chi connectivity index (χ4v) is 3.53. The van der Waals surface area contributed by atoms with Crippen LogP contribution in [0.5, 0.6) is 0 Å². The second-order valence-corrected chi connectivity index (χ2v) is 6.54. The summed E-state index contributed by atoms with van der Waals surface area (Å²) in [4.78, 5) is 22.8. The molecule has 1 aliphatic heterocycles. The fraction of sp³-hybridized carbons (Fsp3) is 0.294. The molecule has 1 aliphatic rings. The number of halogens is 1. The largest absolute Gasteiger partial charge is 0.364 e. The van der Waals surface area contributed by atoms with Gasteiger partial charge < -0.3 is 10.2 Å². The van der Waals surface area contributed by atoms with Gasteiger partial charge in [-0.1, -0.05) is 23.7 Å². The molecule has 0 aliphatic carbocycles. The van der Waals surface area contributed by atoms with Crippen LogP contribution in [0.1, 0.15) is 12.1 Å². The number of hydrogen-bond donors (Lipinski definition) is 1. The maximum Gasteiger partial charge on any atom is 0.229 e. The molecule has 25 heavy (non-hydrogen) atoms. The van der Waals surface area contributed by atoms with Crippen molar-refractivity contribution in [3.05, 3.63) is 41.3 Å². The summed E-state index contributed by atoms with van der Waals surface area (Å²) in [6.07, 6.45) is 1.89. The summed E-state index contributed by atoms with van der Waals surface area (Å²) in [5, 5.41) is 9.23. The average Bonchev–Trinajstić information content (AvgIpc) is 3.08. The molecule has 0 bridgehead atoms. The van der Waals surface area contributed by atoms with Crippen molar-refractivity contribution in [3.8, 4) is 0 Å². The van der Waals surface area contributed by atoms with Crippen LogP contribution in [0.25, 0.3) is 11.0 Å². The molecule has 1 fully saturated rings. The van der Waals surface area contributed by atoms with E-state index in [1.807, 2.05) is 32.2 Å². The molecule has 3 aromatic rings. The third-order valence-electron chi connectivity index (χ3n) is 4.40. The molecule has 1 atom stereocenters. The second kappa shape index (κ2) is 6.00. The lowest BCUT2D eigenvalue weighted by molar-refractivity contribution is -0.117. The smallest absolute Gasteiger partial charge is 0.229 e. The van der Waals surface area contributed by atoms with E-state index in [1.54, 1.807) is 15.6 Å². The lowest BCUT2D eigenvalue weighted by Gasteiger charge is -2.18. The minimum Gasteiger partial charge on any atom is -0.364 e. The molecular formula is C17H17ClN6O. The summed E-state index contributed by atoms with van der Waals surface area (Å²) in [5.41, 5.74) is 2.36. The number of carbonyl (C=O) groups is 1. The molecule has 3 heterocycles. The van der Waals surface area contributed by atoms with Gasteiger partial charge in [-0.3, -0.25) is 9.48 Å². The van der Waals surface area contributed by atoms with Crippen LogP contribution in [0, 0.1) is 6.92 Å². The molecular weight excluding hydrogens is 340 g/mol. The van der Waals surface area contributed by atoms with Crippen LogP contribution in [0.4, 0.5) is 11.5 Å². The van der Waals surface area contributed by atoms with Crippen molar-refractivity contribution >= 4 is 40.0 Å². The Labute approximate surface area is 149 Å². The van der Waals surface area contributed by atoms with Gasteiger partial charge in [0.15, 0.2) is 5.65 Å². The van der Waals surface area contributed by atoms with Gasteiger partial charge >= 0.3 is 0 Å². The number of rotatable bonds is 3. The molecule has 1 amide bonds.